The summed E-state index contributed by atoms with van der Waals surface area (Å²) in [5, 5.41) is 9.83. The van der Waals surface area contributed by atoms with Crippen molar-refractivity contribution in [1.29, 1.82) is 0 Å². The van der Waals surface area contributed by atoms with E-state index in [9.17, 15) is 0 Å². The maximum Gasteiger partial charge on any atom is 0.136 e. The molecule has 0 amide bonds. The maximum atomic E-state index is 6.53. The molecule has 1 heteroatoms. The molecule has 1 aliphatic carbocycles. The van der Waals surface area contributed by atoms with Gasteiger partial charge < -0.3 is 4.42 Å². The molecule has 1 aliphatic rings. The highest BCUT2D eigenvalue weighted by molar-refractivity contribution is 6.23. The van der Waals surface area contributed by atoms with Gasteiger partial charge in [-0.25, -0.2) is 0 Å². The summed E-state index contributed by atoms with van der Waals surface area (Å²) in [5.41, 5.74) is 12.3. The highest BCUT2D eigenvalue weighted by Crippen LogP contribution is 2.51. The minimum absolute atomic E-state index is 0.0548. The van der Waals surface area contributed by atoms with Crippen molar-refractivity contribution >= 4 is 54.3 Å². The van der Waals surface area contributed by atoms with Gasteiger partial charge in [0.2, 0.25) is 0 Å². The van der Waals surface area contributed by atoms with E-state index in [4.69, 9.17) is 4.42 Å². The van der Waals surface area contributed by atoms with E-state index in [-0.39, 0.29) is 5.41 Å². The maximum absolute atomic E-state index is 6.53. The predicted octanol–water partition coefficient (Wildman–Crippen LogP) is 12.7. The highest BCUT2D eigenvalue weighted by Gasteiger charge is 2.35. The Bertz CT molecular complexity index is 2660. The van der Waals surface area contributed by atoms with Crippen molar-refractivity contribution in [3.8, 4) is 33.4 Å². The Morgan fingerprint density at radius 1 is 0.413 bits per heavy atom. The molecule has 0 unspecified atom stereocenters. The fourth-order valence-electron chi connectivity index (χ4n) is 8.31. The Labute approximate surface area is 267 Å². The molecule has 0 saturated heterocycles. The molecule has 0 atom stereocenters. The lowest BCUT2D eigenvalue weighted by atomic mass is 9.80. The van der Waals surface area contributed by atoms with Crippen LogP contribution in [-0.4, -0.2) is 0 Å². The molecule has 216 valence electrons. The summed E-state index contributed by atoms with van der Waals surface area (Å²) < 4.78 is 6.53. The second-order valence-electron chi connectivity index (χ2n) is 13.2. The van der Waals surface area contributed by atoms with Crippen LogP contribution in [0.5, 0.6) is 0 Å². The van der Waals surface area contributed by atoms with Crippen LogP contribution < -0.4 is 0 Å². The molecule has 0 N–H and O–H groups in total. The zero-order valence-corrected chi connectivity index (χ0v) is 25.8. The number of furan rings is 1. The molecule has 8 aromatic carbocycles. The third-order valence-corrected chi connectivity index (χ3v) is 10.5. The van der Waals surface area contributed by atoms with Crippen LogP contribution in [0.1, 0.15) is 25.0 Å². The first-order chi connectivity index (χ1) is 22.6. The number of hydrogen-bond donors (Lipinski definition) is 0. The molecular formula is C45H30O. The minimum atomic E-state index is -0.0548. The van der Waals surface area contributed by atoms with Crippen molar-refractivity contribution in [3.63, 3.8) is 0 Å². The summed E-state index contributed by atoms with van der Waals surface area (Å²) in [6.45, 7) is 4.72. The van der Waals surface area contributed by atoms with Crippen LogP contribution in [0, 0.1) is 0 Å². The standard InChI is InChI=1S/C45H30O/c1-45(2)38-18-10-9-13-31(38)32-22-19-28(25-39(32)45)42-33-14-5-7-16-35(33)43(36-17-8-6-15-34(36)42)29-20-23-37-41(26-29)46-40-24-21-27-11-3-4-12-30(27)44(37)40/h3-26H,1-2H3. The largest absolute Gasteiger partial charge is 0.456 e. The van der Waals surface area contributed by atoms with Crippen LogP contribution in [0.4, 0.5) is 0 Å². The van der Waals surface area contributed by atoms with E-state index in [1.165, 1.54) is 82.2 Å². The molecule has 46 heavy (non-hydrogen) atoms. The Morgan fingerprint density at radius 2 is 0.978 bits per heavy atom. The second-order valence-corrected chi connectivity index (χ2v) is 13.2. The third kappa shape index (κ3) is 3.40. The minimum Gasteiger partial charge on any atom is -0.456 e. The van der Waals surface area contributed by atoms with Gasteiger partial charge in [0.15, 0.2) is 0 Å². The number of benzene rings is 8. The molecule has 0 bridgehead atoms. The van der Waals surface area contributed by atoms with Gasteiger partial charge >= 0.3 is 0 Å². The van der Waals surface area contributed by atoms with E-state index in [2.05, 4.69) is 159 Å². The molecule has 1 aromatic heterocycles. The van der Waals surface area contributed by atoms with Gasteiger partial charge in [-0.05, 0) is 101 Å². The van der Waals surface area contributed by atoms with Crippen molar-refractivity contribution in [2.24, 2.45) is 0 Å². The van der Waals surface area contributed by atoms with E-state index in [0.717, 1.165) is 16.6 Å². The van der Waals surface area contributed by atoms with Crippen LogP contribution in [-0.2, 0) is 5.41 Å². The lowest BCUT2D eigenvalue weighted by Gasteiger charge is -2.23. The van der Waals surface area contributed by atoms with E-state index < -0.39 is 0 Å². The average molecular weight is 587 g/mol. The smallest absolute Gasteiger partial charge is 0.136 e. The van der Waals surface area contributed by atoms with E-state index in [1.807, 2.05) is 0 Å². The number of fused-ring (bicyclic) bond motifs is 10. The fourth-order valence-corrected chi connectivity index (χ4v) is 8.31. The average Bonchev–Trinajstić information content (AvgIpc) is 3.59. The van der Waals surface area contributed by atoms with Crippen LogP contribution >= 0.6 is 0 Å². The number of hydrogen-bond acceptors (Lipinski definition) is 1. The van der Waals surface area contributed by atoms with E-state index in [0.29, 0.717) is 0 Å². The summed E-state index contributed by atoms with van der Waals surface area (Å²) in [5.74, 6) is 0. The molecule has 1 heterocycles. The molecule has 9 aromatic rings. The van der Waals surface area contributed by atoms with E-state index >= 15 is 0 Å². The topological polar surface area (TPSA) is 13.1 Å². The zero-order valence-electron chi connectivity index (χ0n) is 25.8. The molecule has 0 spiro atoms. The van der Waals surface area contributed by atoms with Gasteiger partial charge in [-0.2, -0.15) is 0 Å². The molecule has 0 radical (unpaired) electrons. The van der Waals surface area contributed by atoms with Gasteiger partial charge in [0.1, 0.15) is 11.2 Å². The van der Waals surface area contributed by atoms with Gasteiger partial charge in [-0.1, -0.05) is 135 Å². The highest BCUT2D eigenvalue weighted by atomic mass is 16.3. The van der Waals surface area contributed by atoms with Gasteiger partial charge in [-0.15, -0.1) is 0 Å². The lowest BCUT2D eigenvalue weighted by molar-refractivity contribution is 0.660. The molecular weight excluding hydrogens is 556 g/mol. The predicted molar refractivity (Wildman–Crippen MR) is 195 cm³/mol. The van der Waals surface area contributed by atoms with Crippen LogP contribution in [0.2, 0.25) is 0 Å². The summed E-state index contributed by atoms with van der Waals surface area (Å²) in [6, 6.07) is 53.4. The van der Waals surface area contributed by atoms with Crippen molar-refractivity contribution in [3.05, 3.63) is 157 Å². The number of rotatable bonds is 2. The van der Waals surface area contributed by atoms with Crippen molar-refractivity contribution in [1.82, 2.24) is 0 Å². The first kappa shape index (κ1) is 25.6. The van der Waals surface area contributed by atoms with Gasteiger partial charge in [-0.3, -0.25) is 0 Å². The summed E-state index contributed by atoms with van der Waals surface area (Å²) in [7, 11) is 0. The quantitative estimate of drug-likeness (QED) is 0.184. The lowest BCUT2D eigenvalue weighted by Crippen LogP contribution is -2.14. The van der Waals surface area contributed by atoms with Gasteiger partial charge in [0, 0.05) is 16.2 Å². The Hall–Kier alpha value is -5.66. The molecule has 0 fully saturated rings. The molecule has 0 saturated carbocycles. The molecule has 0 aliphatic heterocycles. The zero-order chi connectivity index (χ0) is 30.6. The molecule has 1 nitrogen and oxygen atoms in total. The second kappa shape index (κ2) is 9.19. The summed E-state index contributed by atoms with van der Waals surface area (Å²) in [6.07, 6.45) is 0. The normalized spacial score (nSPS) is 13.6. The van der Waals surface area contributed by atoms with E-state index in [1.54, 1.807) is 0 Å². The Kier molecular flexibility index (Phi) is 5.12. The summed E-state index contributed by atoms with van der Waals surface area (Å²) in [4.78, 5) is 0. The summed E-state index contributed by atoms with van der Waals surface area (Å²) >= 11 is 0. The van der Waals surface area contributed by atoms with Crippen molar-refractivity contribution < 1.29 is 4.42 Å². The van der Waals surface area contributed by atoms with Crippen molar-refractivity contribution in [2.45, 2.75) is 19.3 Å². The fraction of sp³-hybridized carbons (Fsp3) is 0.0667. The Morgan fingerprint density at radius 3 is 1.70 bits per heavy atom. The molecule has 10 rings (SSSR count). The monoisotopic (exact) mass is 586 g/mol. The third-order valence-electron chi connectivity index (χ3n) is 10.5. The van der Waals surface area contributed by atoms with Crippen LogP contribution in [0.15, 0.2) is 150 Å². The van der Waals surface area contributed by atoms with Gasteiger partial charge in [0.25, 0.3) is 0 Å². The van der Waals surface area contributed by atoms with Crippen molar-refractivity contribution in [2.75, 3.05) is 0 Å². The van der Waals surface area contributed by atoms with Gasteiger partial charge in [0.05, 0.1) is 0 Å². The first-order valence-electron chi connectivity index (χ1n) is 16.1. The van der Waals surface area contributed by atoms with Crippen LogP contribution in [0.25, 0.3) is 87.6 Å². The first-order valence-corrected chi connectivity index (χ1v) is 16.1. The Balaban J connectivity index is 1.24. The van der Waals surface area contributed by atoms with Crippen LogP contribution in [0.3, 0.4) is 0 Å². The SMILES string of the molecule is CC1(C)c2ccccc2-c2ccc(-c3c4ccccc4c(-c4ccc5c(c4)oc4ccc6ccccc6c45)c4ccccc34)cc21.